The molecule has 2 aliphatic rings. The minimum Gasteiger partial charge on any atom is -0.487 e. The van der Waals surface area contributed by atoms with Gasteiger partial charge in [-0.25, -0.2) is 0 Å². The predicted molar refractivity (Wildman–Crippen MR) is 85.8 cm³/mol. The second-order valence-electron chi connectivity index (χ2n) is 7.81. The fourth-order valence-corrected chi connectivity index (χ4v) is 2.80. The molecule has 0 saturated carbocycles. The van der Waals surface area contributed by atoms with Crippen molar-refractivity contribution in [2.45, 2.75) is 64.8 Å². The molecular formula is C17H23BO4. The first kappa shape index (κ1) is 15.6. The normalized spacial score (nSPS) is 24.8. The van der Waals surface area contributed by atoms with Gasteiger partial charge in [-0.05, 0) is 59.1 Å². The van der Waals surface area contributed by atoms with Crippen LogP contribution in [0.4, 0.5) is 0 Å². The molecule has 0 unspecified atom stereocenters. The Bertz CT molecular complexity index is 618. The van der Waals surface area contributed by atoms with Crippen LogP contribution in [0.15, 0.2) is 18.2 Å². The lowest BCUT2D eigenvalue weighted by Crippen LogP contribution is -2.41. The van der Waals surface area contributed by atoms with Crippen molar-refractivity contribution in [1.82, 2.24) is 0 Å². The van der Waals surface area contributed by atoms with E-state index in [0.717, 1.165) is 5.46 Å². The van der Waals surface area contributed by atoms with Crippen molar-refractivity contribution in [2.24, 2.45) is 0 Å². The summed E-state index contributed by atoms with van der Waals surface area (Å²) in [4.78, 5) is 12.4. The second-order valence-corrected chi connectivity index (χ2v) is 7.81. The molecule has 2 aliphatic heterocycles. The highest BCUT2D eigenvalue weighted by Crippen LogP contribution is 2.37. The summed E-state index contributed by atoms with van der Waals surface area (Å²) in [6.45, 7) is 11.9. The Hall–Kier alpha value is -1.33. The molecule has 0 bridgehead atoms. The highest BCUT2D eigenvalue weighted by Gasteiger charge is 2.52. The molecule has 0 radical (unpaired) electrons. The van der Waals surface area contributed by atoms with Gasteiger partial charge >= 0.3 is 7.12 Å². The van der Waals surface area contributed by atoms with Crippen LogP contribution in [0, 0.1) is 0 Å². The van der Waals surface area contributed by atoms with Crippen molar-refractivity contribution in [3.05, 3.63) is 23.8 Å². The Morgan fingerprint density at radius 2 is 1.59 bits per heavy atom. The molecule has 2 heterocycles. The van der Waals surface area contributed by atoms with Gasteiger partial charge in [0, 0.05) is 0 Å². The van der Waals surface area contributed by atoms with Crippen LogP contribution >= 0.6 is 0 Å². The zero-order chi connectivity index (χ0) is 16.3. The quantitative estimate of drug-likeness (QED) is 0.748. The lowest BCUT2D eigenvalue weighted by Gasteiger charge is -2.32. The first-order valence-corrected chi connectivity index (χ1v) is 7.73. The Morgan fingerprint density at radius 3 is 2.18 bits per heavy atom. The van der Waals surface area contributed by atoms with Crippen molar-refractivity contribution >= 4 is 18.4 Å². The molecule has 4 nitrogen and oxygen atoms in total. The molecule has 0 aromatic heterocycles. The maximum Gasteiger partial charge on any atom is 0.494 e. The van der Waals surface area contributed by atoms with Crippen molar-refractivity contribution in [2.75, 3.05) is 0 Å². The highest BCUT2D eigenvalue weighted by atomic mass is 16.7. The Labute approximate surface area is 132 Å². The van der Waals surface area contributed by atoms with Crippen LogP contribution in [0.2, 0.25) is 0 Å². The van der Waals surface area contributed by atoms with Gasteiger partial charge in [0.05, 0.1) is 23.2 Å². The topological polar surface area (TPSA) is 44.8 Å². The number of Topliss-reactive ketones (excluding diaryl/α,β-unsaturated/α-hetero) is 1. The fourth-order valence-electron chi connectivity index (χ4n) is 2.80. The summed E-state index contributed by atoms with van der Waals surface area (Å²) >= 11 is 0. The lowest BCUT2D eigenvalue weighted by molar-refractivity contribution is 0.00578. The number of carbonyl (C=O) groups excluding carboxylic acids is 1. The zero-order valence-electron chi connectivity index (χ0n) is 14.1. The zero-order valence-corrected chi connectivity index (χ0v) is 14.1. The largest absolute Gasteiger partial charge is 0.494 e. The van der Waals surface area contributed by atoms with E-state index in [0.29, 0.717) is 17.7 Å². The molecule has 118 valence electrons. The predicted octanol–water partition coefficient (Wildman–Crippen LogP) is 2.73. The van der Waals surface area contributed by atoms with Gasteiger partial charge in [0.15, 0.2) is 5.78 Å². The van der Waals surface area contributed by atoms with Gasteiger partial charge in [0.2, 0.25) is 0 Å². The maximum atomic E-state index is 12.4. The van der Waals surface area contributed by atoms with E-state index in [9.17, 15) is 4.79 Å². The van der Waals surface area contributed by atoms with Gasteiger partial charge < -0.3 is 14.0 Å². The molecule has 0 spiro atoms. The molecule has 1 aromatic carbocycles. The Balaban J connectivity index is 1.93. The smallest absolute Gasteiger partial charge is 0.487 e. The molecule has 0 aliphatic carbocycles. The number of carbonyl (C=O) groups is 1. The van der Waals surface area contributed by atoms with E-state index in [-0.39, 0.29) is 5.78 Å². The van der Waals surface area contributed by atoms with Crippen molar-refractivity contribution in [1.29, 1.82) is 0 Å². The Kier molecular flexibility index (Phi) is 3.25. The third kappa shape index (κ3) is 2.46. The molecule has 0 amide bonds. The van der Waals surface area contributed by atoms with Crippen LogP contribution < -0.4 is 10.2 Å². The molecule has 3 rings (SSSR count). The van der Waals surface area contributed by atoms with Crippen LogP contribution in [0.3, 0.4) is 0 Å². The van der Waals surface area contributed by atoms with E-state index in [1.165, 1.54) is 0 Å². The number of ketones is 1. The summed E-state index contributed by atoms with van der Waals surface area (Å²) < 4.78 is 18.0. The standard InChI is InChI=1S/C17H23BO4/c1-15(2)10-13(19)12-9-11(7-8-14(12)20-15)18-21-16(3,4)17(5,6)22-18/h7-9H,10H2,1-6H3. The Morgan fingerprint density at radius 1 is 1.00 bits per heavy atom. The number of hydrogen-bond donors (Lipinski definition) is 0. The molecular weight excluding hydrogens is 279 g/mol. The summed E-state index contributed by atoms with van der Waals surface area (Å²) in [6.07, 6.45) is 0.382. The van der Waals surface area contributed by atoms with Crippen molar-refractivity contribution in [3.63, 3.8) is 0 Å². The van der Waals surface area contributed by atoms with Gasteiger partial charge in [-0.1, -0.05) is 6.07 Å². The number of hydrogen-bond acceptors (Lipinski definition) is 4. The van der Waals surface area contributed by atoms with Gasteiger partial charge in [-0.2, -0.15) is 0 Å². The summed E-state index contributed by atoms with van der Waals surface area (Å²) in [6, 6.07) is 5.60. The van der Waals surface area contributed by atoms with E-state index in [4.69, 9.17) is 14.0 Å². The molecule has 1 aromatic rings. The first-order chi connectivity index (χ1) is 10.0. The minimum atomic E-state index is -0.460. The van der Waals surface area contributed by atoms with Crippen molar-refractivity contribution in [3.8, 4) is 5.75 Å². The van der Waals surface area contributed by atoms with Crippen LogP contribution in [0.5, 0.6) is 5.75 Å². The third-order valence-corrected chi connectivity index (χ3v) is 4.80. The summed E-state index contributed by atoms with van der Waals surface area (Å²) in [7, 11) is -0.460. The SMILES string of the molecule is CC1(C)CC(=O)c2cc(B3OC(C)(C)C(C)(C)O3)ccc2O1. The lowest BCUT2D eigenvalue weighted by atomic mass is 9.77. The maximum absolute atomic E-state index is 12.4. The second kappa shape index (κ2) is 4.59. The van der Waals surface area contributed by atoms with Crippen LogP contribution in [-0.4, -0.2) is 29.7 Å². The molecule has 1 fully saturated rings. The number of benzene rings is 1. The van der Waals surface area contributed by atoms with E-state index < -0.39 is 23.9 Å². The third-order valence-electron chi connectivity index (χ3n) is 4.80. The van der Waals surface area contributed by atoms with Gasteiger partial charge in [0.1, 0.15) is 11.4 Å². The van der Waals surface area contributed by atoms with Gasteiger partial charge in [-0.3, -0.25) is 4.79 Å². The highest BCUT2D eigenvalue weighted by molar-refractivity contribution is 6.62. The van der Waals surface area contributed by atoms with E-state index in [1.54, 1.807) is 0 Å². The number of ether oxygens (including phenoxy) is 1. The van der Waals surface area contributed by atoms with Crippen LogP contribution in [-0.2, 0) is 9.31 Å². The number of fused-ring (bicyclic) bond motifs is 1. The molecule has 0 atom stereocenters. The summed E-state index contributed by atoms with van der Waals surface area (Å²) in [5, 5.41) is 0. The van der Waals surface area contributed by atoms with E-state index >= 15 is 0 Å². The van der Waals surface area contributed by atoms with Crippen LogP contribution in [0.1, 0.15) is 58.3 Å². The van der Waals surface area contributed by atoms with E-state index in [2.05, 4.69) is 0 Å². The number of rotatable bonds is 1. The average Bonchev–Trinajstić information content (AvgIpc) is 2.56. The first-order valence-electron chi connectivity index (χ1n) is 7.73. The molecule has 22 heavy (non-hydrogen) atoms. The van der Waals surface area contributed by atoms with Crippen molar-refractivity contribution < 1.29 is 18.8 Å². The average molecular weight is 302 g/mol. The molecule has 0 N–H and O–H groups in total. The summed E-state index contributed by atoms with van der Waals surface area (Å²) in [5.41, 5.74) is 0.239. The fraction of sp³-hybridized carbons (Fsp3) is 0.588. The minimum absolute atomic E-state index is 0.101. The van der Waals surface area contributed by atoms with Crippen LogP contribution in [0.25, 0.3) is 0 Å². The monoisotopic (exact) mass is 302 g/mol. The molecule has 1 saturated heterocycles. The van der Waals surface area contributed by atoms with E-state index in [1.807, 2.05) is 59.7 Å². The van der Waals surface area contributed by atoms with Gasteiger partial charge in [-0.15, -0.1) is 0 Å². The molecule has 5 heteroatoms. The van der Waals surface area contributed by atoms with Gasteiger partial charge in [0.25, 0.3) is 0 Å². The summed E-state index contributed by atoms with van der Waals surface area (Å²) in [5.74, 6) is 0.742.